The first-order valence-electron chi connectivity index (χ1n) is 9.73. The maximum Gasteiger partial charge on any atom is 0.494 e. The normalized spacial score (nSPS) is 22.2. The number of rotatable bonds is 4. The van der Waals surface area contributed by atoms with Gasteiger partial charge in [0.15, 0.2) is 0 Å². The number of nitrogens with two attached hydrogens (primary N) is 1. The summed E-state index contributed by atoms with van der Waals surface area (Å²) in [7, 11) is -0.434. The van der Waals surface area contributed by atoms with E-state index in [4.69, 9.17) is 15.0 Å². The van der Waals surface area contributed by atoms with E-state index in [0.717, 1.165) is 22.2 Å². The maximum absolute atomic E-state index is 6.88. The van der Waals surface area contributed by atoms with Gasteiger partial charge >= 0.3 is 7.12 Å². The predicted octanol–water partition coefficient (Wildman–Crippen LogP) is 4.33. The molecule has 3 aromatic rings. The Labute approximate surface area is 167 Å². The highest BCUT2D eigenvalue weighted by Gasteiger charge is 2.58. The summed E-state index contributed by atoms with van der Waals surface area (Å²) in [5.41, 5.74) is 9.96. The lowest BCUT2D eigenvalue weighted by Gasteiger charge is -2.41. The molecular weight excluding hydrogens is 345 g/mol. The van der Waals surface area contributed by atoms with Gasteiger partial charge in [-0.15, -0.1) is 0 Å². The Morgan fingerprint density at radius 1 is 0.750 bits per heavy atom. The molecule has 3 nitrogen and oxygen atoms in total. The van der Waals surface area contributed by atoms with E-state index in [9.17, 15) is 0 Å². The van der Waals surface area contributed by atoms with Gasteiger partial charge in [-0.3, -0.25) is 0 Å². The molecule has 0 amide bonds. The van der Waals surface area contributed by atoms with Crippen LogP contribution in [0.3, 0.4) is 0 Å². The minimum absolute atomic E-state index is 0.354. The van der Waals surface area contributed by atoms with Crippen LogP contribution in [0.25, 0.3) is 11.1 Å². The van der Waals surface area contributed by atoms with E-state index >= 15 is 0 Å². The minimum Gasteiger partial charge on any atom is -0.399 e. The van der Waals surface area contributed by atoms with Crippen molar-refractivity contribution < 1.29 is 9.31 Å². The summed E-state index contributed by atoms with van der Waals surface area (Å²) in [4.78, 5) is 0. The molecule has 1 aliphatic heterocycles. The van der Waals surface area contributed by atoms with E-state index in [1.807, 2.05) is 60.7 Å². The SMILES string of the molecule is CC1(C)OB(c2ccccc2)OC1(C)C(N)c1ccccc1-c1ccccc1. The fourth-order valence-corrected chi connectivity index (χ4v) is 3.91. The van der Waals surface area contributed by atoms with Crippen LogP contribution in [0.4, 0.5) is 0 Å². The Morgan fingerprint density at radius 3 is 2.00 bits per heavy atom. The summed E-state index contributed by atoms with van der Waals surface area (Å²) in [6.07, 6.45) is 0. The molecule has 0 spiro atoms. The van der Waals surface area contributed by atoms with Gasteiger partial charge in [0, 0.05) is 0 Å². The zero-order chi connectivity index (χ0) is 19.8. The Hall–Kier alpha value is -2.40. The topological polar surface area (TPSA) is 44.5 Å². The van der Waals surface area contributed by atoms with Gasteiger partial charge in [-0.05, 0) is 42.9 Å². The third kappa shape index (κ3) is 3.18. The van der Waals surface area contributed by atoms with Crippen molar-refractivity contribution >= 4 is 12.6 Å². The molecule has 0 saturated carbocycles. The fraction of sp³-hybridized carbons (Fsp3) is 0.250. The molecule has 142 valence electrons. The highest BCUT2D eigenvalue weighted by atomic mass is 16.7. The average molecular weight is 371 g/mol. The van der Waals surface area contributed by atoms with Crippen molar-refractivity contribution in [3.63, 3.8) is 0 Å². The predicted molar refractivity (Wildman–Crippen MR) is 115 cm³/mol. The first-order chi connectivity index (χ1) is 13.4. The lowest BCUT2D eigenvalue weighted by molar-refractivity contribution is -0.0292. The Bertz CT molecular complexity index is 945. The lowest BCUT2D eigenvalue weighted by atomic mass is 9.76. The molecule has 1 fully saturated rings. The van der Waals surface area contributed by atoms with Crippen molar-refractivity contribution in [1.82, 2.24) is 0 Å². The van der Waals surface area contributed by atoms with Gasteiger partial charge in [0.1, 0.15) is 0 Å². The largest absolute Gasteiger partial charge is 0.494 e. The molecule has 1 aliphatic rings. The summed E-state index contributed by atoms with van der Waals surface area (Å²) < 4.78 is 12.8. The standard InChI is InChI=1S/C24H26BNO2/c1-23(2)24(3,28-25(27-23)19-14-8-5-9-15-19)22(26)21-17-11-10-16-20(21)18-12-6-4-7-13-18/h4-17,22H,26H2,1-3H3. The van der Waals surface area contributed by atoms with E-state index in [1.165, 1.54) is 0 Å². The Morgan fingerprint density at radius 2 is 1.32 bits per heavy atom. The Kier molecular flexibility index (Phi) is 4.88. The van der Waals surface area contributed by atoms with Crippen LogP contribution in [0.1, 0.15) is 32.4 Å². The maximum atomic E-state index is 6.88. The molecule has 0 radical (unpaired) electrons. The van der Waals surface area contributed by atoms with Crippen molar-refractivity contribution in [2.75, 3.05) is 0 Å². The lowest BCUT2D eigenvalue weighted by Crippen LogP contribution is -2.52. The number of hydrogen-bond acceptors (Lipinski definition) is 3. The van der Waals surface area contributed by atoms with Crippen molar-refractivity contribution in [3.8, 4) is 11.1 Å². The van der Waals surface area contributed by atoms with Crippen molar-refractivity contribution in [1.29, 1.82) is 0 Å². The molecule has 0 aromatic heterocycles. The van der Waals surface area contributed by atoms with Gasteiger partial charge in [-0.25, -0.2) is 0 Å². The van der Waals surface area contributed by atoms with Gasteiger partial charge in [0.05, 0.1) is 17.2 Å². The zero-order valence-corrected chi connectivity index (χ0v) is 16.6. The van der Waals surface area contributed by atoms with Crippen LogP contribution >= 0.6 is 0 Å². The number of benzene rings is 3. The summed E-state index contributed by atoms with van der Waals surface area (Å²) in [6, 6.07) is 28.3. The van der Waals surface area contributed by atoms with E-state index in [0.29, 0.717) is 0 Å². The third-order valence-corrected chi connectivity index (χ3v) is 5.99. The van der Waals surface area contributed by atoms with E-state index in [-0.39, 0.29) is 6.04 Å². The van der Waals surface area contributed by atoms with Crippen LogP contribution in [0, 0.1) is 0 Å². The van der Waals surface area contributed by atoms with Gasteiger partial charge in [-0.2, -0.15) is 0 Å². The zero-order valence-electron chi connectivity index (χ0n) is 16.6. The molecule has 0 bridgehead atoms. The summed E-state index contributed by atoms with van der Waals surface area (Å²) in [6.45, 7) is 6.17. The monoisotopic (exact) mass is 371 g/mol. The third-order valence-electron chi connectivity index (χ3n) is 5.99. The Balaban J connectivity index is 1.73. The summed E-state index contributed by atoms with van der Waals surface area (Å²) in [5, 5.41) is 0. The van der Waals surface area contributed by atoms with Crippen molar-refractivity contribution in [2.45, 2.75) is 38.0 Å². The molecule has 28 heavy (non-hydrogen) atoms. The van der Waals surface area contributed by atoms with Gasteiger partial charge < -0.3 is 15.0 Å². The summed E-state index contributed by atoms with van der Waals surface area (Å²) in [5.74, 6) is 0. The number of hydrogen-bond donors (Lipinski definition) is 1. The van der Waals surface area contributed by atoms with Crippen LogP contribution in [-0.2, 0) is 9.31 Å². The highest BCUT2D eigenvalue weighted by molar-refractivity contribution is 6.62. The van der Waals surface area contributed by atoms with Crippen LogP contribution in [0.2, 0.25) is 0 Å². The minimum atomic E-state index is -0.696. The molecule has 1 heterocycles. The molecule has 1 saturated heterocycles. The van der Waals surface area contributed by atoms with E-state index in [2.05, 4.69) is 45.0 Å². The van der Waals surface area contributed by atoms with E-state index in [1.54, 1.807) is 0 Å². The summed E-state index contributed by atoms with van der Waals surface area (Å²) >= 11 is 0. The van der Waals surface area contributed by atoms with Crippen LogP contribution < -0.4 is 11.2 Å². The van der Waals surface area contributed by atoms with Crippen molar-refractivity contribution in [3.05, 3.63) is 90.5 Å². The second-order valence-electron chi connectivity index (χ2n) is 8.03. The molecule has 2 N–H and O–H groups in total. The second-order valence-corrected chi connectivity index (χ2v) is 8.03. The molecule has 4 rings (SSSR count). The van der Waals surface area contributed by atoms with Crippen molar-refractivity contribution in [2.24, 2.45) is 5.73 Å². The molecule has 2 unspecified atom stereocenters. The second kappa shape index (κ2) is 7.21. The van der Waals surface area contributed by atoms with E-state index < -0.39 is 18.3 Å². The highest BCUT2D eigenvalue weighted by Crippen LogP contribution is 2.46. The molecule has 2 atom stereocenters. The van der Waals surface area contributed by atoms with Crippen LogP contribution in [-0.4, -0.2) is 18.3 Å². The van der Waals surface area contributed by atoms with Crippen LogP contribution in [0.5, 0.6) is 0 Å². The fourth-order valence-electron chi connectivity index (χ4n) is 3.91. The smallest absolute Gasteiger partial charge is 0.399 e. The molecule has 3 aromatic carbocycles. The van der Waals surface area contributed by atoms with Gasteiger partial charge in [0.25, 0.3) is 0 Å². The average Bonchev–Trinajstić information content (AvgIpc) is 2.99. The first kappa shape index (κ1) is 18.9. The van der Waals surface area contributed by atoms with Gasteiger partial charge in [-0.1, -0.05) is 84.9 Å². The first-order valence-corrected chi connectivity index (χ1v) is 9.73. The molecule has 4 heteroatoms. The molecule has 0 aliphatic carbocycles. The van der Waals surface area contributed by atoms with Crippen LogP contribution in [0.15, 0.2) is 84.9 Å². The molecular formula is C24H26BNO2. The van der Waals surface area contributed by atoms with Gasteiger partial charge in [0.2, 0.25) is 0 Å². The quantitative estimate of drug-likeness (QED) is 0.695.